The fourth-order valence-corrected chi connectivity index (χ4v) is 2.58. The van der Waals surface area contributed by atoms with E-state index in [0.717, 1.165) is 0 Å². The molecule has 0 spiro atoms. The van der Waals surface area contributed by atoms with Crippen LogP contribution in [0.3, 0.4) is 0 Å². The molecule has 4 nitrogen and oxygen atoms in total. The van der Waals surface area contributed by atoms with E-state index in [1.807, 2.05) is 18.2 Å². The first-order chi connectivity index (χ1) is 8.42. The standard InChI is InChI=1S/C13H14O4/c1-2-4-8(5-3-1)6-14-10-9-7-15-13(16-9)12-11(10)17-12/h1-5,9-13H,6-7H2/t9-,10-,11-,12+,13-/m1/s1. The Bertz CT molecular complexity index is 407. The van der Waals surface area contributed by atoms with Crippen LogP contribution in [0, 0.1) is 0 Å². The normalized spacial score (nSPS) is 42.2. The van der Waals surface area contributed by atoms with Crippen LogP contribution in [0.2, 0.25) is 0 Å². The second-order valence-corrected chi connectivity index (χ2v) is 4.70. The fourth-order valence-electron chi connectivity index (χ4n) is 2.58. The lowest BCUT2D eigenvalue weighted by atomic mass is 10.1. The molecule has 1 aromatic rings. The molecule has 3 fully saturated rings. The highest BCUT2D eigenvalue weighted by atomic mass is 16.8. The van der Waals surface area contributed by atoms with E-state index >= 15 is 0 Å². The quantitative estimate of drug-likeness (QED) is 0.734. The second-order valence-electron chi connectivity index (χ2n) is 4.70. The highest BCUT2D eigenvalue weighted by molar-refractivity contribution is 5.14. The van der Waals surface area contributed by atoms with Crippen LogP contribution in [-0.2, 0) is 25.6 Å². The van der Waals surface area contributed by atoms with Gasteiger partial charge in [0, 0.05) is 0 Å². The maximum Gasteiger partial charge on any atom is 0.187 e. The molecule has 4 rings (SSSR count). The molecule has 0 N–H and O–H groups in total. The number of hydrogen-bond acceptors (Lipinski definition) is 4. The lowest BCUT2D eigenvalue weighted by Gasteiger charge is -2.24. The van der Waals surface area contributed by atoms with Crippen LogP contribution < -0.4 is 0 Å². The molecule has 4 heteroatoms. The van der Waals surface area contributed by atoms with E-state index in [1.165, 1.54) is 5.56 Å². The van der Waals surface area contributed by atoms with Gasteiger partial charge in [0.25, 0.3) is 0 Å². The maximum atomic E-state index is 5.92. The smallest absolute Gasteiger partial charge is 0.187 e. The number of fused-ring (bicyclic) bond motifs is 4. The van der Waals surface area contributed by atoms with Crippen LogP contribution in [0.15, 0.2) is 30.3 Å². The van der Waals surface area contributed by atoms with Crippen LogP contribution in [0.25, 0.3) is 0 Å². The lowest BCUT2D eigenvalue weighted by Crippen LogP contribution is -2.41. The molecule has 90 valence electrons. The number of ether oxygens (including phenoxy) is 4. The van der Waals surface area contributed by atoms with Gasteiger partial charge in [0.1, 0.15) is 24.4 Å². The molecule has 3 heterocycles. The van der Waals surface area contributed by atoms with Gasteiger partial charge in [-0.3, -0.25) is 0 Å². The Kier molecular flexibility index (Phi) is 2.23. The molecular formula is C13H14O4. The minimum absolute atomic E-state index is 0.0129. The van der Waals surface area contributed by atoms with Crippen molar-refractivity contribution in [2.45, 2.75) is 37.3 Å². The van der Waals surface area contributed by atoms with E-state index in [0.29, 0.717) is 13.2 Å². The molecule has 0 aliphatic carbocycles. The Morgan fingerprint density at radius 2 is 2.00 bits per heavy atom. The minimum Gasteiger partial charge on any atom is -0.368 e. The number of hydrogen-bond donors (Lipinski definition) is 0. The van der Waals surface area contributed by atoms with Gasteiger partial charge in [-0.15, -0.1) is 0 Å². The van der Waals surface area contributed by atoms with Gasteiger partial charge in [-0.25, -0.2) is 0 Å². The number of benzene rings is 1. The predicted molar refractivity (Wildman–Crippen MR) is 58.3 cm³/mol. The fraction of sp³-hybridized carbons (Fsp3) is 0.538. The third-order valence-electron chi connectivity index (χ3n) is 3.54. The predicted octanol–water partition coefficient (Wildman–Crippen LogP) is 1.09. The zero-order chi connectivity index (χ0) is 11.2. The first-order valence-corrected chi connectivity index (χ1v) is 6.00. The molecule has 3 saturated heterocycles. The minimum atomic E-state index is -0.151. The van der Waals surface area contributed by atoms with Gasteiger partial charge < -0.3 is 18.9 Å². The third-order valence-corrected chi connectivity index (χ3v) is 3.54. The largest absolute Gasteiger partial charge is 0.368 e. The first-order valence-electron chi connectivity index (χ1n) is 6.00. The molecular weight excluding hydrogens is 220 g/mol. The molecule has 5 atom stereocenters. The van der Waals surface area contributed by atoms with E-state index < -0.39 is 0 Å². The Balaban J connectivity index is 1.43. The van der Waals surface area contributed by atoms with Crippen LogP contribution in [0.1, 0.15) is 5.56 Å². The molecule has 3 aliphatic rings. The van der Waals surface area contributed by atoms with Gasteiger partial charge in [0.2, 0.25) is 0 Å². The Hall–Kier alpha value is -0.940. The summed E-state index contributed by atoms with van der Waals surface area (Å²) in [4.78, 5) is 0. The van der Waals surface area contributed by atoms with Crippen molar-refractivity contribution in [2.75, 3.05) is 6.61 Å². The summed E-state index contributed by atoms with van der Waals surface area (Å²) in [6, 6.07) is 10.1. The van der Waals surface area contributed by atoms with E-state index in [2.05, 4.69) is 12.1 Å². The Morgan fingerprint density at radius 1 is 1.12 bits per heavy atom. The van der Waals surface area contributed by atoms with Crippen molar-refractivity contribution in [3.8, 4) is 0 Å². The highest BCUT2D eigenvalue weighted by Crippen LogP contribution is 2.43. The van der Waals surface area contributed by atoms with Crippen molar-refractivity contribution in [3.63, 3.8) is 0 Å². The molecule has 0 radical (unpaired) electrons. The summed E-state index contributed by atoms with van der Waals surface area (Å²) in [5.41, 5.74) is 1.17. The van der Waals surface area contributed by atoms with Crippen molar-refractivity contribution >= 4 is 0 Å². The summed E-state index contributed by atoms with van der Waals surface area (Å²) in [6.07, 6.45) is 0.160. The molecule has 0 saturated carbocycles. The first kappa shape index (κ1) is 10.0. The van der Waals surface area contributed by atoms with E-state index in [1.54, 1.807) is 0 Å². The average Bonchev–Trinajstić information content (AvgIpc) is 3.05. The van der Waals surface area contributed by atoms with Crippen molar-refractivity contribution in [1.82, 2.24) is 0 Å². The van der Waals surface area contributed by atoms with Gasteiger partial charge in [-0.05, 0) is 5.56 Å². The van der Waals surface area contributed by atoms with Crippen LogP contribution in [-0.4, -0.2) is 37.3 Å². The van der Waals surface area contributed by atoms with E-state index in [-0.39, 0.29) is 30.7 Å². The summed E-state index contributed by atoms with van der Waals surface area (Å²) < 4.78 is 22.6. The summed E-state index contributed by atoms with van der Waals surface area (Å²) in [5, 5.41) is 0. The van der Waals surface area contributed by atoms with E-state index in [4.69, 9.17) is 18.9 Å². The molecule has 0 aromatic heterocycles. The average molecular weight is 234 g/mol. The molecule has 0 amide bonds. The van der Waals surface area contributed by atoms with Crippen LogP contribution >= 0.6 is 0 Å². The van der Waals surface area contributed by atoms with Crippen molar-refractivity contribution in [1.29, 1.82) is 0 Å². The van der Waals surface area contributed by atoms with Gasteiger partial charge in [-0.1, -0.05) is 30.3 Å². The number of rotatable bonds is 3. The van der Waals surface area contributed by atoms with Crippen molar-refractivity contribution in [3.05, 3.63) is 35.9 Å². The van der Waals surface area contributed by atoms with Gasteiger partial charge in [-0.2, -0.15) is 0 Å². The summed E-state index contributed by atoms with van der Waals surface area (Å²) in [6.45, 7) is 1.23. The van der Waals surface area contributed by atoms with Crippen molar-refractivity contribution < 1.29 is 18.9 Å². The van der Waals surface area contributed by atoms with E-state index in [9.17, 15) is 0 Å². The summed E-state index contributed by atoms with van der Waals surface area (Å²) in [7, 11) is 0. The molecule has 0 unspecified atom stereocenters. The summed E-state index contributed by atoms with van der Waals surface area (Å²) >= 11 is 0. The Labute approximate surface area is 99.4 Å². The lowest BCUT2D eigenvalue weighted by molar-refractivity contribution is -0.121. The molecule has 2 bridgehead atoms. The monoisotopic (exact) mass is 234 g/mol. The third kappa shape index (κ3) is 1.68. The highest BCUT2D eigenvalue weighted by Gasteiger charge is 2.62. The van der Waals surface area contributed by atoms with Crippen LogP contribution in [0.4, 0.5) is 0 Å². The molecule has 17 heavy (non-hydrogen) atoms. The zero-order valence-corrected chi connectivity index (χ0v) is 9.32. The number of epoxide rings is 1. The van der Waals surface area contributed by atoms with Gasteiger partial charge in [0.05, 0.1) is 13.2 Å². The zero-order valence-electron chi connectivity index (χ0n) is 9.32. The second kappa shape index (κ2) is 3.78. The maximum absolute atomic E-state index is 5.92. The van der Waals surface area contributed by atoms with Gasteiger partial charge >= 0.3 is 0 Å². The van der Waals surface area contributed by atoms with Crippen molar-refractivity contribution in [2.24, 2.45) is 0 Å². The topological polar surface area (TPSA) is 40.2 Å². The molecule has 3 aliphatic heterocycles. The Morgan fingerprint density at radius 3 is 2.88 bits per heavy atom. The SMILES string of the molecule is c1ccc(CO[C@H]2[C@H]3O[C@@H]3[C@@H]3OC[C@H]2O3)cc1. The molecule has 1 aromatic carbocycles. The van der Waals surface area contributed by atoms with Gasteiger partial charge in [0.15, 0.2) is 6.29 Å². The summed E-state index contributed by atoms with van der Waals surface area (Å²) in [5.74, 6) is 0. The van der Waals surface area contributed by atoms with Crippen LogP contribution in [0.5, 0.6) is 0 Å².